The largest absolute Gasteiger partial charge is 0.381 e. The number of nitrogens with one attached hydrogen (secondary N) is 2. The minimum absolute atomic E-state index is 0.275. The van der Waals surface area contributed by atoms with Crippen LogP contribution in [-0.2, 0) is 17.7 Å². The van der Waals surface area contributed by atoms with Gasteiger partial charge >= 0.3 is 0 Å². The van der Waals surface area contributed by atoms with Crippen LogP contribution in [0.5, 0.6) is 0 Å². The fraction of sp³-hybridized carbons (Fsp3) is 0.421. The molecule has 1 aliphatic heterocycles. The first kappa shape index (κ1) is 18.1. The van der Waals surface area contributed by atoms with E-state index in [0.29, 0.717) is 18.3 Å². The second-order valence-electron chi connectivity index (χ2n) is 6.33. The van der Waals surface area contributed by atoms with Crippen molar-refractivity contribution in [3.8, 4) is 0 Å². The van der Waals surface area contributed by atoms with Crippen LogP contribution in [0, 0.1) is 0 Å². The van der Waals surface area contributed by atoms with Crippen LogP contribution in [-0.4, -0.2) is 35.1 Å². The van der Waals surface area contributed by atoms with E-state index in [1.165, 1.54) is 17.3 Å². The highest BCUT2D eigenvalue weighted by molar-refractivity contribution is 5.97. The average Bonchev–Trinajstić information content (AvgIpc) is 2.67. The zero-order valence-electron chi connectivity index (χ0n) is 15.0. The van der Waals surface area contributed by atoms with Crippen molar-refractivity contribution < 1.29 is 9.53 Å². The molecule has 2 aromatic rings. The maximum absolute atomic E-state index is 11.7. The zero-order chi connectivity index (χ0) is 18.4. The zero-order valence-corrected chi connectivity index (χ0v) is 15.0. The highest BCUT2D eigenvalue weighted by Crippen LogP contribution is 2.18. The van der Waals surface area contributed by atoms with Crippen molar-refractivity contribution in [3.05, 3.63) is 47.2 Å². The van der Waals surface area contributed by atoms with E-state index in [2.05, 4.69) is 39.7 Å². The molecule has 2 heterocycles. The third kappa shape index (κ3) is 4.49. The number of aromatic nitrogens is 2. The molecule has 1 saturated heterocycles. The van der Waals surface area contributed by atoms with Gasteiger partial charge in [-0.25, -0.2) is 4.98 Å². The van der Waals surface area contributed by atoms with Gasteiger partial charge in [0.15, 0.2) is 0 Å². The second-order valence-corrected chi connectivity index (χ2v) is 6.33. The van der Waals surface area contributed by atoms with E-state index in [9.17, 15) is 4.79 Å². The van der Waals surface area contributed by atoms with Gasteiger partial charge < -0.3 is 21.1 Å². The molecule has 0 unspecified atom stereocenters. The quantitative estimate of drug-likeness (QED) is 0.704. The van der Waals surface area contributed by atoms with E-state index >= 15 is 0 Å². The number of amides is 1. The fourth-order valence-corrected chi connectivity index (χ4v) is 3.04. The molecule has 138 valence electrons. The van der Waals surface area contributed by atoms with E-state index in [4.69, 9.17) is 10.5 Å². The fourth-order valence-electron chi connectivity index (χ4n) is 3.04. The van der Waals surface area contributed by atoms with Gasteiger partial charge in [0, 0.05) is 32.0 Å². The van der Waals surface area contributed by atoms with Crippen LogP contribution in [0.3, 0.4) is 0 Å². The first-order valence-corrected chi connectivity index (χ1v) is 8.99. The Kier molecular flexibility index (Phi) is 6.01. The Bertz CT molecular complexity index is 759. The van der Waals surface area contributed by atoms with Gasteiger partial charge in [0.2, 0.25) is 5.95 Å². The van der Waals surface area contributed by atoms with Crippen molar-refractivity contribution in [1.82, 2.24) is 9.97 Å². The molecule has 1 amide bonds. The van der Waals surface area contributed by atoms with Crippen LogP contribution >= 0.6 is 0 Å². The maximum Gasteiger partial charge on any atom is 0.254 e. The average molecular weight is 355 g/mol. The number of rotatable bonds is 7. The molecule has 26 heavy (non-hydrogen) atoms. The number of anilines is 2. The molecule has 1 aromatic carbocycles. The van der Waals surface area contributed by atoms with Crippen LogP contribution in [0.15, 0.2) is 30.5 Å². The Morgan fingerprint density at radius 2 is 2.00 bits per heavy atom. The van der Waals surface area contributed by atoms with Gasteiger partial charge in [0.25, 0.3) is 5.91 Å². The first-order valence-electron chi connectivity index (χ1n) is 8.99. The molecule has 0 spiro atoms. The number of ether oxygens (including phenoxy) is 1. The SMILES string of the molecule is CCc1ccccc1CNc1nc(NC2CCOCC2)ncc1C(N)=O. The summed E-state index contributed by atoms with van der Waals surface area (Å²) in [4.78, 5) is 20.4. The summed E-state index contributed by atoms with van der Waals surface area (Å²) in [5, 5.41) is 6.56. The molecule has 1 aromatic heterocycles. The minimum atomic E-state index is -0.547. The van der Waals surface area contributed by atoms with Crippen molar-refractivity contribution in [3.63, 3.8) is 0 Å². The lowest BCUT2D eigenvalue weighted by Crippen LogP contribution is -2.29. The number of nitrogens with zero attached hydrogens (tertiary/aromatic N) is 2. The molecule has 0 atom stereocenters. The molecule has 1 fully saturated rings. The van der Waals surface area contributed by atoms with E-state index in [1.807, 2.05) is 12.1 Å². The number of hydrogen-bond donors (Lipinski definition) is 3. The third-order valence-electron chi connectivity index (χ3n) is 4.55. The number of carbonyl (C=O) groups excluding carboxylic acids is 1. The van der Waals surface area contributed by atoms with Crippen molar-refractivity contribution >= 4 is 17.7 Å². The summed E-state index contributed by atoms with van der Waals surface area (Å²) in [5.41, 5.74) is 8.20. The van der Waals surface area contributed by atoms with Gasteiger partial charge in [-0.2, -0.15) is 4.98 Å². The van der Waals surface area contributed by atoms with Crippen molar-refractivity contribution in [2.45, 2.75) is 38.8 Å². The number of nitrogens with two attached hydrogens (primary N) is 1. The maximum atomic E-state index is 11.7. The third-order valence-corrected chi connectivity index (χ3v) is 4.55. The van der Waals surface area contributed by atoms with Gasteiger partial charge in [-0.05, 0) is 30.4 Å². The number of primary amides is 1. The molecule has 0 bridgehead atoms. The summed E-state index contributed by atoms with van der Waals surface area (Å²) >= 11 is 0. The molecular weight excluding hydrogens is 330 g/mol. The Morgan fingerprint density at radius 3 is 2.69 bits per heavy atom. The van der Waals surface area contributed by atoms with Crippen LogP contribution in [0.1, 0.15) is 41.3 Å². The van der Waals surface area contributed by atoms with Crippen LogP contribution in [0.4, 0.5) is 11.8 Å². The number of carbonyl (C=O) groups is 1. The number of hydrogen-bond acceptors (Lipinski definition) is 6. The topological polar surface area (TPSA) is 102 Å². The van der Waals surface area contributed by atoms with Gasteiger partial charge in [-0.15, -0.1) is 0 Å². The van der Waals surface area contributed by atoms with E-state index in [-0.39, 0.29) is 11.6 Å². The lowest BCUT2D eigenvalue weighted by Gasteiger charge is -2.23. The Hall–Kier alpha value is -2.67. The second kappa shape index (κ2) is 8.62. The summed E-state index contributed by atoms with van der Waals surface area (Å²) in [6.45, 7) is 4.15. The molecular formula is C19H25N5O2. The summed E-state index contributed by atoms with van der Waals surface area (Å²) in [5.74, 6) is 0.398. The lowest BCUT2D eigenvalue weighted by atomic mass is 10.1. The summed E-state index contributed by atoms with van der Waals surface area (Å²) in [6.07, 6.45) is 4.24. The molecule has 7 heteroatoms. The van der Waals surface area contributed by atoms with Crippen LogP contribution < -0.4 is 16.4 Å². The summed E-state index contributed by atoms with van der Waals surface area (Å²) < 4.78 is 5.37. The van der Waals surface area contributed by atoms with Gasteiger partial charge in [-0.3, -0.25) is 4.79 Å². The van der Waals surface area contributed by atoms with Crippen molar-refractivity contribution in [1.29, 1.82) is 0 Å². The Balaban J connectivity index is 1.76. The number of aryl methyl sites for hydroxylation is 1. The lowest BCUT2D eigenvalue weighted by molar-refractivity contribution is 0.0903. The smallest absolute Gasteiger partial charge is 0.254 e. The first-order chi connectivity index (χ1) is 12.7. The highest BCUT2D eigenvalue weighted by Gasteiger charge is 2.17. The van der Waals surface area contributed by atoms with Crippen molar-refractivity contribution in [2.75, 3.05) is 23.8 Å². The molecule has 1 aliphatic rings. The van der Waals surface area contributed by atoms with Gasteiger partial charge in [0.05, 0.1) is 5.56 Å². The summed E-state index contributed by atoms with van der Waals surface area (Å²) in [7, 11) is 0. The Morgan fingerprint density at radius 1 is 1.27 bits per heavy atom. The Labute approximate surface area is 153 Å². The molecule has 4 N–H and O–H groups in total. The minimum Gasteiger partial charge on any atom is -0.381 e. The molecule has 0 aliphatic carbocycles. The van der Waals surface area contributed by atoms with E-state index < -0.39 is 5.91 Å². The monoisotopic (exact) mass is 355 g/mol. The number of benzene rings is 1. The summed E-state index contributed by atoms with van der Waals surface area (Å²) in [6, 6.07) is 8.47. The molecule has 0 saturated carbocycles. The van der Waals surface area contributed by atoms with Crippen LogP contribution in [0.25, 0.3) is 0 Å². The van der Waals surface area contributed by atoms with Gasteiger partial charge in [-0.1, -0.05) is 31.2 Å². The van der Waals surface area contributed by atoms with Crippen LogP contribution in [0.2, 0.25) is 0 Å². The molecule has 3 rings (SSSR count). The normalized spacial score (nSPS) is 14.8. The van der Waals surface area contributed by atoms with E-state index in [0.717, 1.165) is 32.5 Å². The molecule has 7 nitrogen and oxygen atoms in total. The highest BCUT2D eigenvalue weighted by atomic mass is 16.5. The van der Waals surface area contributed by atoms with Gasteiger partial charge in [0.1, 0.15) is 5.82 Å². The standard InChI is InChI=1S/C19H25N5O2/c1-2-13-5-3-4-6-14(13)11-21-18-16(17(20)25)12-22-19(24-18)23-15-7-9-26-10-8-15/h3-6,12,15H,2,7-11H2,1H3,(H2,20,25)(H2,21,22,23,24). The predicted molar refractivity (Wildman–Crippen MR) is 101 cm³/mol. The van der Waals surface area contributed by atoms with Crippen molar-refractivity contribution in [2.24, 2.45) is 5.73 Å². The van der Waals surface area contributed by atoms with E-state index in [1.54, 1.807) is 0 Å². The predicted octanol–water partition coefficient (Wildman–Crippen LogP) is 2.34. The molecule has 0 radical (unpaired) electrons.